The number of sulfonamides is 1. The number of aliphatic carboxylic acids is 1. The largest absolute Gasteiger partial charge is 0.481 e. The Hall–Kier alpha value is -1.41. The standard InChI is InChI=1S/C13H21N3O4S/c1-9(2)13(12(17)18)5-6-16(8-13)21(19,20)11-7-15(4)10(3)14-11/h7,9H,5-6,8H2,1-4H3,(H,17,18). The fourth-order valence-corrected chi connectivity index (χ4v) is 4.21. The monoisotopic (exact) mass is 315 g/mol. The lowest BCUT2D eigenvalue weighted by Gasteiger charge is -2.28. The molecule has 1 fully saturated rings. The molecule has 0 spiro atoms. The summed E-state index contributed by atoms with van der Waals surface area (Å²) in [6.45, 7) is 5.56. The highest BCUT2D eigenvalue weighted by Crippen LogP contribution is 2.40. The van der Waals surface area contributed by atoms with Crippen molar-refractivity contribution < 1.29 is 18.3 Å². The van der Waals surface area contributed by atoms with E-state index in [4.69, 9.17) is 0 Å². The Labute approximate surface area is 124 Å². The Morgan fingerprint density at radius 2 is 2.10 bits per heavy atom. The lowest BCUT2D eigenvalue weighted by Crippen LogP contribution is -2.40. The molecule has 1 aromatic rings. The Bertz CT molecular complexity index is 645. The van der Waals surface area contributed by atoms with Crippen LogP contribution < -0.4 is 0 Å². The van der Waals surface area contributed by atoms with Crippen LogP contribution >= 0.6 is 0 Å². The van der Waals surface area contributed by atoms with Crippen LogP contribution in [0.1, 0.15) is 26.1 Å². The number of imidazole rings is 1. The third-order valence-corrected chi connectivity index (χ3v) is 6.20. The van der Waals surface area contributed by atoms with Gasteiger partial charge in [0.1, 0.15) is 5.82 Å². The van der Waals surface area contributed by atoms with Gasteiger partial charge < -0.3 is 9.67 Å². The van der Waals surface area contributed by atoms with Crippen LogP contribution in [0.3, 0.4) is 0 Å². The first-order valence-electron chi connectivity index (χ1n) is 6.85. The first kappa shape index (κ1) is 16.0. The Kier molecular flexibility index (Phi) is 3.88. The molecule has 0 radical (unpaired) electrons. The summed E-state index contributed by atoms with van der Waals surface area (Å²) < 4.78 is 28.1. The highest BCUT2D eigenvalue weighted by molar-refractivity contribution is 7.89. The van der Waals surface area contributed by atoms with Crippen LogP contribution in [0, 0.1) is 18.3 Å². The van der Waals surface area contributed by atoms with Crippen molar-refractivity contribution in [1.29, 1.82) is 0 Å². The van der Waals surface area contributed by atoms with Crippen LogP contribution in [0.5, 0.6) is 0 Å². The van der Waals surface area contributed by atoms with E-state index in [9.17, 15) is 18.3 Å². The lowest BCUT2D eigenvalue weighted by atomic mass is 9.77. The maximum absolute atomic E-state index is 12.6. The van der Waals surface area contributed by atoms with E-state index >= 15 is 0 Å². The van der Waals surface area contributed by atoms with E-state index in [1.54, 1.807) is 18.5 Å². The Balaban J connectivity index is 2.34. The van der Waals surface area contributed by atoms with Crippen molar-refractivity contribution in [3.63, 3.8) is 0 Å². The maximum Gasteiger partial charge on any atom is 0.311 e. The number of aryl methyl sites for hydroxylation is 2. The molecule has 21 heavy (non-hydrogen) atoms. The van der Waals surface area contributed by atoms with E-state index < -0.39 is 21.4 Å². The van der Waals surface area contributed by atoms with Gasteiger partial charge in [-0.3, -0.25) is 4.79 Å². The second-order valence-electron chi connectivity index (χ2n) is 5.94. The minimum atomic E-state index is -3.74. The summed E-state index contributed by atoms with van der Waals surface area (Å²) in [5.74, 6) is -0.478. The molecular weight excluding hydrogens is 294 g/mol. The van der Waals surface area contributed by atoms with E-state index in [1.807, 2.05) is 13.8 Å². The van der Waals surface area contributed by atoms with Gasteiger partial charge in [0, 0.05) is 26.3 Å². The summed E-state index contributed by atoms with van der Waals surface area (Å²) >= 11 is 0. The van der Waals surface area contributed by atoms with E-state index in [0.29, 0.717) is 12.2 Å². The molecular formula is C13H21N3O4S. The topological polar surface area (TPSA) is 92.5 Å². The third kappa shape index (κ3) is 2.46. The minimum absolute atomic E-state index is 0.00203. The molecule has 1 N–H and O–H groups in total. The summed E-state index contributed by atoms with van der Waals surface area (Å²) in [6, 6.07) is 0. The molecule has 1 unspecified atom stereocenters. The maximum atomic E-state index is 12.6. The normalized spacial score (nSPS) is 23.9. The molecule has 2 heterocycles. The fraction of sp³-hybridized carbons (Fsp3) is 0.692. The number of nitrogens with zero attached hydrogens (tertiary/aromatic N) is 3. The first-order chi connectivity index (χ1) is 9.61. The number of carboxylic acid groups (broad SMARTS) is 1. The van der Waals surface area contributed by atoms with Crippen LogP contribution in [0.25, 0.3) is 0 Å². The molecule has 7 nitrogen and oxygen atoms in total. The molecule has 1 aromatic heterocycles. The van der Waals surface area contributed by atoms with E-state index in [0.717, 1.165) is 0 Å². The van der Waals surface area contributed by atoms with Crippen molar-refractivity contribution in [2.75, 3.05) is 13.1 Å². The van der Waals surface area contributed by atoms with Crippen LogP contribution in [0.4, 0.5) is 0 Å². The van der Waals surface area contributed by atoms with E-state index in [-0.39, 0.29) is 24.0 Å². The summed E-state index contributed by atoms with van der Waals surface area (Å²) in [7, 11) is -2.02. The van der Waals surface area contributed by atoms with Gasteiger partial charge in [0.25, 0.3) is 10.0 Å². The molecule has 1 aliphatic rings. The average molecular weight is 315 g/mol. The second kappa shape index (κ2) is 5.10. The molecule has 118 valence electrons. The van der Waals surface area contributed by atoms with Crippen molar-refractivity contribution in [2.45, 2.75) is 32.2 Å². The zero-order valence-electron chi connectivity index (χ0n) is 12.7. The molecule has 0 amide bonds. The van der Waals surface area contributed by atoms with E-state index in [1.165, 1.54) is 10.5 Å². The van der Waals surface area contributed by atoms with Crippen molar-refractivity contribution in [1.82, 2.24) is 13.9 Å². The number of carboxylic acids is 1. The number of hydrogen-bond donors (Lipinski definition) is 1. The zero-order valence-corrected chi connectivity index (χ0v) is 13.5. The smallest absolute Gasteiger partial charge is 0.311 e. The molecule has 0 aliphatic carbocycles. The Morgan fingerprint density at radius 3 is 2.48 bits per heavy atom. The SMILES string of the molecule is Cc1nc(S(=O)(=O)N2CCC(C(=O)O)(C(C)C)C2)cn1C. The van der Waals surface area contributed by atoms with Gasteiger partial charge in [0.05, 0.1) is 5.41 Å². The summed E-state index contributed by atoms with van der Waals surface area (Å²) in [6.07, 6.45) is 1.78. The van der Waals surface area contributed by atoms with Gasteiger partial charge in [-0.1, -0.05) is 13.8 Å². The van der Waals surface area contributed by atoms with E-state index in [2.05, 4.69) is 4.98 Å². The van der Waals surface area contributed by atoms with Crippen LogP contribution in [0.15, 0.2) is 11.2 Å². The van der Waals surface area contributed by atoms with Gasteiger partial charge in [0.2, 0.25) is 0 Å². The Morgan fingerprint density at radius 1 is 1.48 bits per heavy atom. The van der Waals surface area contributed by atoms with Gasteiger partial charge in [-0.25, -0.2) is 13.4 Å². The third-order valence-electron chi connectivity index (χ3n) is 4.49. The number of carbonyl (C=O) groups is 1. The number of rotatable bonds is 4. The number of hydrogen-bond acceptors (Lipinski definition) is 4. The zero-order chi connectivity index (χ0) is 16.0. The first-order valence-corrected chi connectivity index (χ1v) is 8.29. The highest BCUT2D eigenvalue weighted by Gasteiger charge is 2.50. The van der Waals surface area contributed by atoms with Gasteiger partial charge in [0.15, 0.2) is 5.03 Å². The molecule has 1 saturated heterocycles. The molecule has 2 rings (SSSR count). The average Bonchev–Trinajstić information content (AvgIpc) is 2.96. The molecule has 1 aliphatic heterocycles. The van der Waals surface area contributed by atoms with Crippen molar-refractivity contribution >= 4 is 16.0 Å². The quantitative estimate of drug-likeness (QED) is 0.889. The summed E-state index contributed by atoms with van der Waals surface area (Å²) in [5, 5.41) is 9.47. The second-order valence-corrected chi connectivity index (χ2v) is 7.83. The van der Waals surface area contributed by atoms with Gasteiger partial charge in [-0.2, -0.15) is 4.31 Å². The predicted octanol–water partition coefficient (Wildman–Crippen LogP) is 0.850. The van der Waals surface area contributed by atoms with Gasteiger partial charge >= 0.3 is 5.97 Å². The summed E-state index contributed by atoms with van der Waals surface area (Å²) in [4.78, 5) is 15.6. The van der Waals surface area contributed by atoms with Gasteiger partial charge in [-0.05, 0) is 19.3 Å². The molecule has 8 heteroatoms. The summed E-state index contributed by atoms with van der Waals surface area (Å²) in [5.41, 5.74) is -1.02. The number of aromatic nitrogens is 2. The molecule has 1 atom stereocenters. The molecule has 0 saturated carbocycles. The molecule has 0 bridgehead atoms. The minimum Gasteiger partial charge on any atom is -0.481 e. The fourth-order valence-electron chi connectivity index (χ4n) is 2.68. The van der Waals surface area contributed by atoms with Crippen LogP contribution in [-0.2, 0) is 21.9 Å². The lowest BCUT2D eigenvalue weighted by molar-refractivity contribution is -0.150. The highest BCUT2D eigenvalue weighted by atomic mass is 32.2. The van der Waals surface area contributed by atoms with Crippen LogP contribution in [0.2, 0.25) is 0 Å². The van der Waals surface area contributed by atoms with Crippen LogP contribution in [-0.4, -0.2) is 46.4 Å². The van der Waals surface area contributed by atoms with Gasteiger partial charge in [-0.15, -0.1) is 0 Å². The van der Waals surface area contributed by atoms with Crippen molar-refractivity contribution in [3.8, 4) is 0 Å². The molecule has 0 aromatic carbocycles. The predicted molar refractivity (Wildman–Crippen MR) is 76.2 cm³/mol. The van der Waals surface area contributed by atoms with Crippen molar-refractivity contribution in [2.24, 2.45) is 18.4 Å². The van der Waals surface area contributed by atoms with Crippen molar-refractivity contribution in [3.05, 3.63) is 12.0 Å².